The lowest BCUT2D eigenvalue weighted by Crippen LogP contribution is -2.27. The summed E-state index contributed by atoms with van der Waals surface area (Å²) in [5, 5.41) is 0.109. The van der Waals surface area contributed by atoms with Gasteiger partial charge in [-0.1, -0.05) is 0 Å². The number of amides is 1. The zero-order valence-corrected chi connectivity index (χ0v) is 9.17. The third-order valence-electron chi connectivity index (χ3n) is 1.87. The molecule has 0 aliphatic rings. The van der Waals surface area contributed by atoms with Crippen LogP contribution in [0.5, 0.6) is 0 Å². The molecule has 0 fully saturated rings. The van der Waals surface area contributed by atoms with Gasteiger partial charge in [-0.2, -0.15) is 0 Å². The first-order valence-corrected chi connectivity index (χ1v) is 4.69. The minimum Gasteiger partial charge on any atom is -0.341 e. The molecule has 0 unspecified atom stereocenters. The quantitative estimate of drug-likeness (QED) is 0.700. The Kier molecular flexibility index (Phi) is 3.41. The van der Waals surface area contributed by atoms with Gasteiger partial charge in [-0.25, -0.2) is 9.97 Å². The van der Waals surface area contributed by atoms with Crippen molar-refractivity contribution in [1.82, 2.24) is 14.9 Å². The maximum Gasteiger partial charge on any atom is 0.272 e. The largest absolute Gasteiger partial charge is 0.341 e. The Labute approximate surface area is 87.9 Å². The van der Waals surface area contributed by atoms with E-state index in [9.17, 15) is 4.79 Å². The second kappa shape index (κ2) is 4.37. The minimum atomic E-state index is -0.139. The van der Waals surface area contributed by atoms with Crippen LogP contribution in [0.4, 0.5) is 0 Å². The van der Waals surface area contributed by atoms with E-state index in [0.29, 0.717) is 17.9 Å². The number of hydrogen-bond donors (Lipinski definition) is 0. The van der Waals surface area contributed by atoms with Crippen LogP contribution in [0, 0.1) is 6.92 Å². The Hall–Kier alpha value is -1.16. The molecule has 1 amide bonds. The van der Waals surface area contributed by atoms with E-state index in [4.69, 9.17) is 11.6 Å². The van der Waals surface area contributed by atoms with Crippen molar-refractivity contribution in [2.24, 2.45) is 0 Å². The first-order valence-electron chi connectivity index (χ1n) is 4.31. The number of carbonyl (C=O) groups excluding carboxylic acids is 1. The lowest BCUT2D eigenvalue weighted by atomic mass is 10.3. The highest BCUT2D eigenvalue weighted by Gasteiger charge is 2.12. The van der Waals surface area contributed by atoms with Crippen LogP contribution in [-0.2, 0) is 0 Å². The first-order chi connectivity index (χ1) is 6.54. The number of aryl methyl sites for hydroxylation is 1. The molecule has 5 heteroatoms. The van der Waals surface area contributed by atoms with E-state index in [0.717, 1.165) is 0 Å². The van der Waals surface area contributed by atoms with Crippen LogP contribution in [0.3, 0.4) is 0 Å². The fraction of sp³-hybridized carbons (Fsp3) is 0.444. The second-order valence-corrected chi connectivity index (χ2v) is 3.32. The van der Waals surface area contributed by atoms with E-state index >= 15 is 0 Å². The fourth-order valence-electron chi connectivity index (χ4n) is 0.981. The van der Waals surface area contributed by atoms with Crippen LogP contribution >= 0.6 is 11.6 Å². The topological polar surface area (TPSA) is 46.1 Å². The molecule has 0 bridgehead atoms. The number of halogens is 1. The van der Waals surface area contributed by atoms with Gasteiger partial charge < -0.3 is 4.90 Å². The van der Waals surface area contributed by atoms with Crippen molar-refractivity contribution in [3.63, 3.8) is 0 Å². The predicted octanol–water partition coefficient (Wildman–Crippen LogP) is 1.53. The summed E-state index contributed by atoms with van der Waals surface area (Å²) in [7, 11) is 1.72. The van der Waals surface area contributed by atoms with Gasteiger partial charge in [-0.3, -0.25) is 4.79 Å². The molecular formula is C9H12ClN3O. The molecule has 0 saturated heterocycles. The number of rotatable bonds is 2. The average molecular weight is 214 g/mol. The molecule has 1 aromatic heterocycles. The van der Waals surface area contributed by atoms with Crippen molar-refractivity contribution < 1.29 is 4.79 Å². The van der Waals surface area contributed by atoms with Crippen LogP contribution in [0.2, 0.25) is 5.28 Å². The lowest BCUT2D eigenvalue weighted by Gasteiger charge is -2.13. The summed E-state index contributed by atoms with van der Waals surface area (Å²) in [6.45, 7) is 4.31. The number of aromatic nitrogens is 2. The molecule has 0 aliphatic heterocycles. The first kappa shape index (κ1) is 10.9. The van der Waals surface area contributed by atoms with E-state index in [2.05, 4.69) is 9.97 Å². The second-order valence-electron chi connectivity index (χ2n) is 2.98. The van der Waals surface area contributed by atoms with Gasteiger partial charge in [0.1, 0.15) is 5.69 Å². The Balaban J connectivity index is 3.01. The lowest BCUT2D eigenvalue weighted by molar-refractivity contribution is 0.0796. The fourth-order valence-corrected chi connectivity index (χ4v) is 1.21. The summed E-state index contributed by atoms with van der Waals surface area (Å²) in [6, 6.07) is 1.63. The van der Waals surface area contributed by atoms with Crippen molar-refractivity contribution in [2.45, 2.75) is 13.8 Å². The van der Waals surface area contributed by atoms with Gasteiger partial charge in [0, 0.05) is 19.3 Å². The maximum absolute atomic E-state index is 11.7. The zero-order valence-electron chi connectivity index (χ0n) is 8.41. The molecule has 0 radical (unpaired) electrons. The average Bonchev–Trinajstić information content (AvgIpc) is 2.14. The van der Waals surface area contributed by atoms with E-state index in [1.807, 2.05) is 6.92 Å². The number of nitrogens with zero attached hydrogens (tertiary/aromatic N) is 3. The Bertz CT molecular complexity index is 334. The van der Waals surface area contributed by atoms with Crippen molar-refractivity contribution in [3.8, 4) is 0 Å². The molecule has 76 valence electrons. The third-order valence-corrected chi connectivity index (χ3v) is 2.04. The van der Waals surface area contributed by atoms with Gasteiger partial charge in [-0.05, 0) is 31.5 Å². The standard InChI is InChI=1S/C9H12ClN3O/c1-4-13(3)8(14)7-5-6(2)11-9(10)12-7/h5H,4H2,1-3H3. The summed E-state index contributed by atoms with van der Waals surface area (Å²) >= 11 is 5.65. The SMILES string of the molecule is CCN(C)C(=O)c1cc(C)nc(Cl)n1. The van der Waals surface area contributed by atoms with E-state index in [1.54, 1.807) is 24.9 Å². The monoisotopic (exact) mass is 213 g/mol. The molecule has 0 N–H and O–H groups in total. The highest BCUT2D eigenvalue weighted by atomic mass is 35.5. The normalized spacial score (nSPS) is 10.0. The van der Waals surface area contributed by atoms with Crippen LogP contribution in [-0.4, -0.2) is 34.4 Å². The van der Waals surface area contributed by atoms with Crippen LogP contribution in [0.25, 0.3) is 0 Å². The molecule has 1 aromatic rings. The van der Waals surface area contributed by atoms with Crippen LogP contribution < -0.4 is 0 Å². The summed E-state index contributed by atoms with van der Waals surface area (Å²) in [5.41, 5.74) is 1.03. The van der Waals surface area contributed by atoms with Gasteiger partial charge in [0.15, 0.2) is 0 Å². The third kappa shape index (κ3) is 2.42. The molecule has 0 atom stereocenters. The van der Waals surface area contributed by atoms with Gasteiger partial charge in [0.2, 0.25) is 5.28 Å². The number of hydrogen-bond acceptors (Lipinski definition) is 3. The van der Waals surface area contributed by atoms with E-state index in [-0.39, 0.29) is 11.2 Å². The molecule has 1 heterocycles. The van der Waals surface area contributed by atoms with Gasteiger partial charge in [-0.15, -0.1) is 0 Å². The van der Waals surface area contributed by atoms with Crippen molar-refractivity contribution in [3.05, 3.63) is 22.7 Å². The van der Waals surface area contributed by atoms with Crippen molar-refractivity contribution >= 4 is 17.5 Å². The zero-order chi connectivity index (χ0) is 10.7. The van der Waals surface area contributed by atoms with E-state index in [1.165, 1.54) is 0 Å². The van der Waals surface area contributed by atoms with Gasteiger partial charge >= 0.3 is 0 Å². The van der Waals surface area contributed by atoms with Gasteiger partial charge in [0.05, 0.1) is 0 Å². The molecule has 0 aromatic carbocycles. The van der Waals surface area contributed by atoms with E-state index < -0.39 is 0 Å². The highest BCUT2D eigenvalue weighted by molar-refractivity contribution is 6.28. The molecule has 0 spiro atoms. The molecule has 4 nitrogen and oxygen atoms in total. The Morgan fingerprint density at radius 1 is 1.57 bits per heavy atom. The van der Waals surface area contributed by atoms with Crippen LogP contribution in [0.1, 0.15) is 23.1 Å². The van der Waals surface area contributed by atoms with Gasteiger partial charge in [0.25, 0.3) is 5.91 Å². The molecule has 14 heavy (non-hydrogen) atoms. The Morgan fingerprint density at radius 2 is 2.21 bits per heavy atom. The predicted molar refractivity (Wildman–Crippen MR) is 54.4 cm³/mol. The van der Waals surface area contributed by atoms with Crippen molar-refractivity contribution in [2.75, 3.05) is 13.6 Å². The molecule has 0 saturated carbocycles. The molecule has 1 rings (SSSR count). The molecular weight excluding hydrogens is 202 g/mol. The maximum atomic E-state index is 11.7. The highest BCUT2D eigenvalue weighted by Crippen LogP contribution is 2.07. The number of carbonyl (C=O) groups is 1. The van der Waals surface area contributed by atoms with Crippen LogP contribution in [0.15, 0.2) is 6.07 Å². The molecule has 0 aliphatic carbocycles. The summed E-state index contributed by atoms with van der Waals surface area (Å²) in [5.74, 6) is -0.139. The smallest absolute Gasteiger partial charge is 0.272 e. The summed E-state index contributed by atoms with van der Waals surface area (Å²) < 4.78 is 0. The minimum absolute atomic E-state index is 0.109. The summed E-state index contributed by atoms with van der Waals surface area (Å²) in [4.78, 5) is 21.0. The summed E-state index contributed by atoms with van der Waals surface area (Å²) in [6.07, 6.45) is 0. The Morgan fingerprint density at radius 3 is 2.71 bits per heavy atom. The van der Waals surface area contributed by atoms with Crippen molar-refractivity contribution in [1.29, 1.82) is 0 Å².